The van der Waals surface area contributed by atoms with E-state index in [0.717, 1.165) is 30.0 Å². The number of rotatable bonds is 1. The molecule has 0 amide bonds. The summed E-state index contributed by atoms with van der Waals surface area (Å²) in [5.74, 6) is -0.554. The minimum Gasteiger partial charge on any atom is -0.465 e. The molecule has 0 bridgehead atoms. The predicted molar refractivity (Wildman–Crippen MR) is 133 cm³/mol. The molecule has 0 aliphatic carbocycles. The molecule has 2 rings (SSSR count). The minimum atomic E-state index is -1.10. The number of aryl methyl sites for hydroxylation is 1. The molecule has 0 saturated heterocycles. The van der Waals surface area contributed by atoms with Crippen LogP contribution in [-0.2, 0) is 19.1 Å². The van der Waals surface area contributed by atoms with Gasteiger partial charge < -0.3 is 9.84 Å². The summed E-state index contributed by atoms with van der Waals surface area (Å²) in [7, 11) is 0. The molecular weight excluding hydrogens is 438 g/mol. The highest BCUT2D eigenvalue weighted by Gasteiger charge is 2.39. The van der Waals surface area contributed by atoms with Gasteiger partial charge in [0.25, 0.3) is 0 Å². The first-order chi connectivity index (χ1) is 15.5. The van der Waals surface area contributed by atoms with Crippen molar-refractivity contribution in [1.29, 1.82) is 0 Å². The summed E-state index contributed by atoms with van der Waals surface area (Å²) in [6.45, 7) is 11.3. The van der Waals surface area contributed by atoms with Crippen molar-refractivity contribution >= 4 is 34.9 Å². The number of esters is 1. The van der Waals surface area contributed by atoms with E-state index in [9.17, 15) is 19.5 Å². The van der Waals surface area contributed by atoms with Crippen LogP contribution in [0.5, 0.6) is 0 Å². The van der Waals surface area contributed by atoms with Crippen molar-refractivity contribution in [1.82, 2.24) is 4.98 Å². The highest BCUT2D eigenvalue weighted by atomic mass is 32.1. The van der Waals surface area contributed by atoms with Gasteiger partial charge >= 0.3 is 5.97 Å². The van der Waals surface area contributed by atoms with E-state index in [-0.39, 0.29) is 36.9 Å². The maximum atomic E-state index is 12.7. The van der Waals surface area contributed by atoms with Crippen LogP contribution in [0.3, 0.4) is 0 Å². The monoisotopic (exact) mass is 477 g/mol. The van der Waals surface area contributed by atoms with Crippen LogP contribution >= 0.6 is 11.3 Å². The van der Waals surface area contributed by atoms with E-state index in [1.165, 1.54) is 6.08 Å². The highest BCUT2D eigenvalue weighted by molar-refractivity contribution is 7.09. The number of hydrogen-bond acceptors (Lipinski definition) is 7. The number of cyclic esters (lactones) is 1. The zero-order chi connectivity index (χ0) is 25.0. The largest absolute Gasteiger partial charge is 0.465 e. The molecule has 0 spiro atoms. The number of aliphatic hydroxyl groups is 1. The van der Waals surface area contributed by atoms with E-state index in [0.29, 0.717) is 5.92 Å². The van der Waals surface area contributed by atoms with Gasteiger partial charge in [0.05, 0.1) is 35.2 Å². The summed E-state index contributed by atoms with van der Waals surface area (Å²) in [5, 5.41) is 13.5. The van der Waals surface area contributed by atoms with Crippen molar-refractivity contribution in [3.63, 3.8) is 0 Å². The van der Waals surface area contributed by atoms with Gasteiger partial charge in [-0.15, -0.1) is 11.3 Å². The Hall–Kier alpha value is -2.12. The van der Waals surface area contributed by atoms with Gasteiger partial charge in [0.15, 0.2) is 5.78 Å². The van der Waals surface area contributed by atoms with Crippen molar-refractivity contribution < 1.29 is 24.2 Å². The number of nitrogens with zero attached hydrogens (tertiary/aromatic N) is 1. The zero-order valence-electron chi connectivity index (χ0n) is 20.8. The number of thiazole rings is 1. The second-order valence-corrected chi connectivity index (χ2v) is 10.3. The molecule has 1 aliphatic rings. The summed E-state index contributed by atoms with van der Waals surface area (Å²) < 4.78 is 4.99. The van der Waals surface area contributed by atoms with Gasteiger partial charge in [-0.05, 0) is 51.2 Å². The van der Waals surface area contributed by atoms with Crippen molar-refractivity contribution in [3.8, 4) is 0 Å². The molecule has 1 N–H and O–H groups in total. The summed E-state index contributed by atoms with van der Waals surface area (Å²) in [4.78, 5) is 40.4. The van der Waals surface area contributed by atoms with Crippen molar-refractivity contribution in [3.05, 3.63) is 34.3 Å². The highest BCUT2D eigenvalue weighted by Crippen LogP contribution is 2.31. The fraction of sp³-hybridized carbons (Fsp3) is 0.615. The third kappa shape index (κ3) is 10.6. The Kier molecular flexibility index (Phi) is 12.4. The van der Waals surface area contributed by atoms with Crippen LogP contribution in [0, 0.1) is 24.2 Å². The molecule has 3 unspecified atom stereocenters. The van der Waals surface area contributed by atoms with E-state index in [1.54, 1.807) is 25.2 Å². The molecule has 0 radical (unpaired) electrons. The van der Waals surface area contributed by atoms with Crippen molar-refractivity contribution in [2.24, 2.45) is 17.3 Å². The number of hydrogen-bond donors (Lipinski definition) is 1. The number of aromatic nitrogens is 1. The Labute approximate surface area is 202 Å². The van der Waals surface area contributed by atoms with Crippen molar-refractivity contribution in [2.75, 3.05) is 6.61 Å². The summed E-state index contributed by atoms with van der Waals surface area (Å²) in [5.41, 5.74) is 0.0605. The lowest BCUT2D eigenvalue weighted by molar-refractivity contribution is -0.150. The first-order valence-corrected chi connectivity index (χ1v) is 12.5. The van der Waals surface area contributed by atoms with Crippen LogP contribution in [0.1, 0.15) is 77.4 Å². The first kappa shape index (κ1) is 28.9. The molecule has 33 heavy (non-hydrogen) atoms. The molecule has 2 heterocycles. The number of carbonyl (C=O) groups is 3. The summed E-state index contributed by atoms with van der Waals surface area (Å²) in [6.07, 6.45) is 8.56. The average Bonchev–Trinajstić information content (AvgIpc) is 3.15. The molecule has 6 nitrogen and oxygen atoms in total. The van der Waals surface area contributed by atoms with Crippen LogP contribution in [0.2, 0.25) is 0 Å². The van der Waals surface area contributed by atoms with Gasteiger partial charge in [0.1, 0.15) is 5.78 Å². The predicted octanol–water partition coefficient (Wildman–Crippen LogP) is 5.33. The molecule has 1 aromatic rings. The van der Waals surface area contributed by atoms with Crippen LogP contribution in [0.4, 0.5) is 0 Å². The molecule has 7 heteroatoms. The quantitative estimate of drug-likeness (QED) is 0.549. The normalized spacial score (nSPS) is 26.4. The molecule has 0 saturated carbocycles. The Balaban J connectivity index is 0.000000502. The molecule has 184 valence electrons. The van der Waals surface area contributed by atoms with Crippen molar-refractivity contribution in [2.45, 2.75) is 79.8 Å². The van der Waals surface area contributed by atoms with Gasteiger partial charge in [0, 0.05) is 17.7 Å². The van der Waals surface area contributed by atoms with Gasteiger partial charge in [0.2, 0.25) is 0 Å². The molecule has 0 fully saturated rings. The maximum Gasteiger partial charge on any atom is 0.308 e. The molecule has 1 aromatic heterocycles. The average molecular weight is 478 g/mol. The van der Waals surface area contributed by atoms with E-state index in [2.05, 4.69) is 17.3 Å². The Morgan fingerprint density at radius 1 is 1.24 bits per heavy atom. The fourth-order valence-electron chi connectivity index (χ4n) is 3.67. The number of carbonyl (C=O) groups excluding carboxylic acids is 3. The minimum absolute atomic E-state index is 0.00406. The smallest absolute Gasteiger partial charge is 0.308 e. The van der Waals surface area contributed by atoms with E-state index < -0.39 is 17.5 Å². The third-order valence-electron chi connectivity index (χ3n) is 5.75. The van der Waals surface area contributed by atoms with Gasteiger partial charge in [-0.3, -0.25) is 14.4 Å². The number of Topliss-reactive ketones (excluding diaryl/α,β-unsaturated/α-hetero) is 1. The molecule has 1 aliphatic heterocycles. The lowest BCUT2D eigenvalue weighted by Crippen LogP contribution is -2.42. The van der Waals surface area contributed by atoms with Gasteiger partial charge in [-0.2, -0.15) is 0 Å². The number of aliphatic hydroxyl groups excluding tert-OH is 1. The second-order valence-electron chi connectivity index (χ2n) is 9.26. The molecule has 0 aromatic carbocycles. The Morgan fingerprint density at radius 3 is 2.55 bits per heavy atom. The Morgan fingerprint density at radius 2 is 1.94 bits per heavy atom. The van der Waals surface area contributed by atoms with E-state index in [4.69, 9.17) is 4.74 Å². The molecule has 3 atom stereocenters. The fourth-order valence-corrected chi connectivity index (χ4v) is 4.25. The van der Waals surface area contributed by atoms with Crippen LogP contribution in [0.15, 0.2) is 23.6 Å². The molecular formula is C26H39NO5S. The SMILES string of the molecule is C/C=C\c1csc(C)n1.CC1CC/C=C/C(=O)CCOC(=O)CC(O)C(C)(C)C(=O)C(C)C1. The number of ketones is 2. The number of ether oxygens (including phenoxy) is 1. The maximum absolute atomic E-state index is 12.7. The van der Waals surface area contributed by atoms with E-state index in [1.807, 2.05) is 39.0 Å². The summed E-state index contributed by atoms with van der Waals surface area (Å²) in [6, 6.07) is 0. The topological polar surface area (TPSA) is 93.6 Å². The second kappa shape index (κ2) is 14.2. The zero-order valence-corrected chi connectivity index (χ0v) is 21.6. The lowest BCUT2D eigenvalue weighted by atomic mass is 9.74. The summed E-state index contributed by atoms with van der Waals surface area (Å²) >= 11 is 1.68. The standard InChI is InChI=1S/C19H30O5.C7H9NS/c1-13-7-5-6-8-15(20)9-10-24-17(22)12-16(21)19(3,4)18(23)14(2)11-13;1-3-4-7-5-9-6(2)8-7/h6,8,13-14,16,21H,5,7,9-12H2,1-4H3;3-5H,1-2H3/b8-6+;4-3-. The van der Waals surface area contributed by atoms with Gasteiger partial charge in [-0.1, -0.05) is 39.8 Å². The van der Waals surface area contributed by atoms with Crippen LogP contribution < -0.4 is 0 Å². The lowest BCUT2D eigenvalue weighted by Gasteiger charge is -2.32. The van der Waals surface area contributed by atoms with Crippen LogP contribution in [0.25, 0.3) is 6.08 Å². The third-order valence-corrected chi connectivity index (χ3v) is 6.54. The first-order valence-electron chi connectivity index (χ1n) is 11.6. The Bertz CT molecular complexity index is 839. The van der Waals surface area contributed by atoms with Crippen LogP contribution in [-0.4, -0.2) is 40.3 Å². The van der Waals surface area contributed by atoms with E-state index >= 15 is 0 Å². The number of allylic oxidation sites excluding steroid dienone is 3. The van der Waals surface area contributed by atoms with Gasteiger partial charge in [-0.25, -0.2) is 4.98 Å².